The van der Waals surface area contributed by atoms with Crippen LogP contribution in [-0.4, -0.2) is 30.6 Å². The van der Waals surface area contributed by atoms with Gasteiger partial charge in [-0.25, -0.2) is 0 Å². The first-order chi connectivity index (χ1) is 8.95. The van der Waals surface area contributed by atoms with Crippen molar-refractivity contribution in [2.75, 3.05) is 13.6 Å². The lowest BCUT2D eigenvalue weighted by atomic mass is 9.69. The lowest BCUT2D eigenvalue weighted by Crippen LogP contribution is -2.51. The van der Waals surface area contributed by atoms with Crippen LogP contribution in [0.1, 0.15) is 65.7 Å². The Labute approximate surface area is 120 Å². The van der Waals surface area contributed by atoms with Gasteiger partial charge in [-0.1, -0.05) is 40.0 Å². The highest BCUT2D eigenvalue weighted by Gasteiger charge is 2.40. The van der Waals surface area contributed by atoms with Crippen LogP contribution < -0.4 is 5.73 Å². The molecule has 0 heterocycles. The molecule has 2 nitrogen and oxygen atoms in total. The first-order valence-electron chi connectivity index (χ1n) is 8.37. The van der Waals surface area contributed by atoms with E-state index in [-0.39, 0.29) is 0 Å². The van der Waals surface area contributed by atoms with Crippen LogP contribution in [0.25, 0.3) is 0 Å². The number of rotatable bonds is 3. The molecule has 2 fully saturated rings. The molecular weight excluding hydrogens is 232 g/mol. The molecule has 2 aliphatic carbocycles. The van der Waals surface area contributed by atoms with E-state index >= 15 is 0 Å². The molecule has 2 N–H and O–H groups in total. The van der Waals surface area contributed by atoms with E-state index in [0.29, 0.717) is 5.41 Å². The maximum atomic E-state index is 5.99. The summed E-state index contributed by atoms with van der Waals surface area (Å²) in [6.07, 6.45) is 9.75. The van der Waals surface area contributed by atoms with E-state index in [9.17, 15) is 0 Å². The summed E-state index contributed by atoms with van der Waals surface area (Å²) in [7, 11) is 2.38. The highest BCUT2D eigenvalue weighted by atomic mass is 15.2. The molecule has 4 unspecified atom stereocenters. The quantitative estimate of drug-likeness (QED) is 0.845. The minimum atomic E-state index is 0.441. The zero-order valence-electron chi connectivity index (χ0n) is 13.5. The number of nitrogens with zero attached hydrogens (tertiary/aromatic N) is 1. The summed E-state index contributed by atoms with van der Waals surface area (Å²) in [6, 6.07) is 1.53. The smallest absolute Gasteiger partial charge is 0.0136 e. The van der Waals surface area contributed by atoms with Crippen LogP contribution >= 0.6 is 0 Å². The van der Waals surface area contributed by atoms with Gasteiger partial charge in [-0.2, -0.15) is 0 Å². The van der Waals surface area contributed by atoms with Gasteiger partial charge in [-0.15, -0.1) is 0 Å². The van der Waals surface area contributed by atoms with Crippen molar-refractivity contribution in [3.8, 4) is 0 Å². The summed E-state index contributed by atoms with van der Waals surface area (Å²) in [5, 5.41) is 0. The summed E-state index contributed by atoms with van der Waals surface area (Å²) in [4.78, 5) is 2.74. The van der Waals surface area contributed by atoms with E-state index < -0.39 is 0 Å². The normalized spacial score (nSPS) is 36.9. The summed E-state index contributed by atoms with van der Waals surface area (Å²) in [5.41, 5.74) is 6.43. The second-order valence-electron chi connectivity index (χ2n) is 7.98. The molecule has 0 aliphatic heterocycles. The van der Waals surface area contributed by atoms with Gasteiger partial charge in [0.2, 0.25) is 0 Å². The Morgan fingerprint density at radius 1 is 0.947 bits per heavy atom. The summed E-state index contributed by atoms with van der Waals surface area (Å²) in [6.45, 7) is 8.17. The largest absolute Gasteiger partial charge is 0.330 e. The molecule has 0 aromatic carbocycles. The number of hydrogen-bond acceptors (Lipinski definition) is 2. The second-order valence-corrected chi connectivity index (χ2v) is 7.98. The Morgan fingerprint density at radius 2 is 1.58 bits per heavy atom. The SMILES string of the molecule is CN(C1CCCC1CN)C1CCCCC1C(C)(C)C. The zero-order chi connectivity index (χ0) is 14.0. The molecule has 0 spiro atoms. The van der Waals surface area contributed by atoms with Crippen molar-refractivity contribution in [1.82, 2.24) is 4.90 Å². The Morgan fingerprint density at radius 3 is 2.21 bits per heavy atom. The van der Waals surface area contributed by atoms with Crippen LogP contribution in [0.2, 0.25) is 0 Å². The molecule has 0 amide bonds. The van der Waals surface area contributed by atoms with Gasteiger partial charge in [0, 0.05) is 12.1 Å². The van der Waals surface area contributed by atoms with Crippen molar-refractivity contribution in [3.05, 3.63) is 0 Å². The van der Waals surface area contributed by atoms with E-state index in [1.165, 1.54) is 44.9 Å². The average Bonchev–Trinajstić information content (AvgIpc) is 2.85. The Bertz CT molecular complexity index is 281. The second kappa shape index (κ2) is 6.13. The summed E-state index contributed by atoms with van der Waals surface area (Å²) in [5.74, 6) is 1.60. The van der Waals surface area contributed by atoms with Crippen LogP contribution in [0.15, 0.2) is 0 Å². The number of nitrogens with two attached hydrogens (primary N) is 1. The first kappa shape index (κ1) is 15.3. The van der Waals surface area contributed by atoms with Crippen LogP contribution in [0, 0.1) is 17.3 Å². The third kappa shape index (κ3) is 3.33. The van der Waals surface area contributed by atoms with Gasteiger partial charge in [0.25, 0.3) is 0 Å². The van der Waals surface area contributed by atoms with Crippen LogP contribution in [0.4, 0.5) is 0 Å². The van der Waals surface area contributed by atoms with Gasteiger partial charge in [-0.05, 0) is 56.5 Å². The predicted octanol–water partition coefficient (Wildman–Crippen LogP) is 3.65. The van der Waals surface area contributed by atoms with Gasteiger partial charge < -0.3 is 5.73 Å². The van der Waals surface area contributed by atoms with E-state index in [4.69, 9.17) is 5.73 Å². The molecule has 2 aliphatic rings. The third-order valence-electron chi connectivity index (χ3n) is 5.81. The van der Waals surface area contributed by atoms with Crippen molar-refractivity contribution in [2.45, 2.75) is 77.8 Å². The predicted molar refractivity (Wildman–Crippen MR) is 83.1 cm³/mol. The fourth-order valence-corrected chi connectivity index (χ4v) is 4.68. The summed E-state index contributed by atoms with van der Waals surface area (Å²) < 4.78 is 0. The zero-order valence-corrected chi connectivity index (χ0v) is 13.5. The van der Waals surface area contributed by atoms with Crippen LogP contribution in [0.3, 0.4) is 0 Å². The Hall–Kier alpha value is -0.0800. The monoisotopic (exact) mass is 266 g/mol. The van der Waals surface area contributed by atoms with Gasteiger partial charge in [-0.3, -0.25) is 4.90 Å². The molecule has 4 atom stereocenters. The van der Waals surface area contributed by atoms with Gasteiger partial charge in [0.15, 0.2) is 0 Å². The molecule has 0 bridgehead atoms. The molecule has 0 saturated heterocycles. The number of hydrogen-bond donors (Lipinski definition) is 1. The Balaban J connectivity index is 2.09. The Kier molecular flexibility index (Phi) is 4.94. The van der Waals surface area contributed by atoms with Crippen LogP contribution in [0.5, 0.6) is 0 Å². The van der Waals surface area contributed by atoms with Gasteiger partial charge in [0.05, 0.1) is 0 Å². The molecule has 0 aromatic rings. The minimum Gasteiger partial charge on any atom is -0.330 e. The van der Waals surface area contributed by atoms with E-state index in [2.05, 4.69) is 32.7 Å². The van der Waals surface area contributed by atoms with Crippen molar-refractivity contribution in [1.29, 1.82) is 0 Å². The van der Waals surface area contributed by atoms with Crippen molar-refractivity contribution < 1.29 is 0 Å². The fraction of sp³-hybridized carbons (Fsp3) is 1.00. The lowest BCUT2D eigenvalue weighted by molar-refractivity contribution is 0.0232. The topological polar surface area (TPSA) is 29.3 Å². The summed E-state index contributed by atoms with van der Waals surface area (Å²) >= 11 is 0. The third-order valence-corrected chi connectivity index (χ3v) is 5.81. The molecule has 2 rings (SSSR count). The molecule has 112 valence electrons. The highest BCUT2D eigenvalue weighted by molar-refractivity contribution is 4.94. The standard InChI is InChI=1S/C17H34N2/c1-17(2,3)14-9-5-6-10-16(14)19(4)15-11-7-8-13(15)12-18/h13-16H,5-12,18H2,1-4H3. The minimum absolute atomic E-state index is 0.441. The van der Waals surface area contributed by atoms with Crippen molar-refractivity contribution >= 4 is 0 Å². The molecule has 0 aromatic heterocycles. The van der Waals surface area contributed by atoms with Gasteiger partial charge >= 0.3 is 0 Å². The van der Waals surface area contributed by atoms with E-state index in [0.717, 1.165) is 30.5 Å². The molecule has 0 radical (unpaired) electrons. The molecule has 19 heavy (non-hydrogen) atoms. The maximum Gasteiger partial charge on any atom is 0.0136 e. The molecule has 2 heteroatoms. The maximum absolute atomic E-state index is 5.99. The van der Waals surface area contributed by atoms with E-state index in [1.54, 1.807) is 0 Å². The highest BCUT2D eigenvalue weighted by Crippen LogP contribution is 2.42. The average molecular weight is 266 g/mol. The molecular formula is C17H34N2. The van der Waals surface area contributed by atoms with Crippen molar-refractivity contribution in [2.24, 2.45) is 23.0 Å². The lowest BCUT2D eigenvalue weighted by Gasteiger charge is -2.47. The van der Waals surface area contributed by atoms with E-state index in [1.807, 2.05) is 0 Å². The van der Waals surface area contributed by atoms with Crippen molar-refractivity contribution in [3.63, 3.8) is 0 Å². The molecule has 2 saturated carbocycles. The fourth-order valence-electron chi connectivity index (χ4n) is 4.68. The van der Waals surface area contributed by atoms with Gasteiger partial charge in [0.1, 0.15) is 0 Å². The first-order valence-corrected chi connectivity index (χ1v) is 8.37. The van der Waals surface area contributed by atoms with Crippen LogP contribution in [-0.2, 0) is 0 Å².